The van der Waals surface area contributed by atoms with Gasteiger partial charge in [-0.15, -0.1) is 0 Å². The highest BCUT2D eigenvalue weighted by Crippen LogP contribution is 2.34. The molecular weight excluding hydrogens is 244 g/mol. The van der Waals surface area contributed by atoms with Gasteiger partial charge in [0.2, 0.25) is 0 Å². The first-order valence-corrected chi connectivity index (χ1v) is 6.85. The molecule has 5 nitrogen and oxygen atoms in total. The minimum Gasteiger partial charge on any atom is -0.481 e. The van der Waals surface area contributed by atoms with Crippen molar-refractivity contribution in [2.75, 3.05) is 26.2 Å². The average Bonchev–Trinajstić information content (AvgIpc) is 2.38. The van der Waals surface area contributed by atoms with Gasteiger partial charge in [0.1, 0.15) is 6.10 Å². The molecule has 1 N–H and O–H groups in total. The first kappa shape index (κ1) is 15.9. The predicted molar refractivity (Wildman–Crippen MR) is 71.6 cm³/mol. The number of carboxylic acid groups (broad SMARTS) is 1. The number of carbonyl (C=O) groups is 1. The molecule has 0 radical (unpaired) electrons. The quantitative estimate of drug-likeness (QED) is 0.794. The number of rotatable bonds is 6. The minimum atomic E-state index is -0.728. The van der Waals surface area contributed by atoms with Crippen molar-refractivity contribution in [2.45, 2.75) is 39.7 Å². The number of carboxylic acids is 1. The van der Waals surface area contributed by atoms with Crippen molar-refractivity contribution in [3.8, 4) is 6.07 Å². The second-order valence-electron chi connectivity index (χ2n) is 5.81. The van der Waals surface area contributed by atoms with E-state index >= 15 is 0 Å². The highest BCUT2D eigenvalue weighted by Gasteiger charge is 2.38. The number of hydrogen-bond donors (Lipinski definition) is 1. The van der Waals surface area contributed by atoms with Crippen molar-refractivity contribution in [1.82, 2.24) is 4.90 Å². The lowest BCUT2D eigenvalue weighted by atomic mass is 9.74. The molecule has 0 aromatic carbocycles. The molecule has 0 amide bonds. The van der Waals surface area contributed by atoms with Crippen LogP contribution in [0.5, 0.6) is 0 Å². The molecule has 108 valence electrons. The number of likely N-dealkylation sites (tertiary alicyclic amines) is 1. The third-order valence-corrected chi connectivity index (χ3v) is 4.03. The number of ether oxygens (including phenoxy) is 1. The Morgan fingerprint density at radius 1 is 1.63 bits per heavy atom. The molecule has 1 rings (SSSR count). The van der Waals surface area contributed by atoms with Gasteiger partial charge in [-0.2, -0.15) is 5.26 Å². The first-order valence-electron chi connectivity index (χ1n) is 6.85. The third kappa shape index (κ3) is 4.48. The van der Waals surface area contributed by atoms with E-state index in [-0.39, 0.29) is 12.0 Å². The summed E-state index contributed by atoms with van der Waals surface area (Å²) < 4.78 is 5.34. The van der Waals surface area contributed by atoms with Gasteiger partial charge >= 0.3 is 5.97 Å². The van der Waals surface area contributed by atoms with Crippen molar-refractivity contribution in [3.05, 3.63) is 0 Å². The van der Waals surface area contributed by atoms with Crippen LogP contribution >= 0.6 is 0 Å². The highest BCUT2D eigenvalue weighted by molar-refractivity contribution is 5.74. The Balaban J connectivity index is 2.43. The largest absolute Gasteiger partial charge is 0.481 e. The van der Waals surface area contributed by atoms with Gasteiger partial charge in [-0.25, -0.2) is 0 Å². The highest BCUT2D eigenvalue weighted by atomic mass is 16.5. The summed E-state index contributed by atoms with van der Waals surface area (Å²) in [4.78, 5) is 13.5. The smallest absolute Gasteiger partial charge is 0.309 e. The van der Waals surface area contributed by atoms with Crippen LogP contribution < -0.4 is 0 Å². The number of hydrogen-bond acceptors (Lipinski definition) is 4. The van der Waals surface area contributed by atoms with Crippen LogP contribution in [0, 0.1) is 22.7 Å². The van der Waals surface area contributed by atoms with Crippen molar-refractivity contribution in [3.63, 3.8) is 0 Å². The lowest BCUT2D eigenvalue weighted by molar-refractivity contribution is -0.151. The number of nitrogens with zero attached hydrogens (tertiary/aromatic N) is 2. The Morgan fingerprint density at radius 2 is 2.32 bits per heavy atom. The standard InChI is InChI=1S/C14H24N2O3/c1-11(9-15)19-8-7-16-6-4-5-12(10-16)14(2,3)13(17)18/h11-12H,4-8,10H2,1-3H3,(H,17,18). The van der Waals surface area contributed by atoms with Crippen molar-refractivity contribution < 1.29 is 14.6 Å². The molecule has 19 heavy (non-hydrogen) atoms. The fourth-order valence-corrected chi connectivity index (χ4v) is 2.42. The summed E-state index contributed by atoms with van der Waals surface area (Å²) in [6, 6.07) is 2.03. The number of piperidine rings is 1. The summed E-state index contributed by atoms with van der Waals surface area (Å²) in [5.74, 6) is -0.555. The Bertz CT molecular complexity index is 349. The van der Waals surface area contributed by atoms with E-state index in [1.54, 1.807) is 20.8 Å². The van der Waals surface area contributed by atoms with E-state index in [1.165, 1.54) is 0 Å². The maximum absolute atomic E-state index is 11.3. The van der Waals surface area contributed by atoms with Crippen molar-refractivity contribution >= 4 is 5.97 Å². The summed E-state index contributed by atoms with van der Waals surface area (Å²) in [6.45, 7) is 8.40. The molecule has 0 bridgehead atoms. The van der Waals surface area contributed by atoms with Gasteiger partial charge in [-0.05, 0) is 46.1 Å². The van der Waals surface area contributed by atoms with Gasteiger partial charge < -0.3 is 14.7 Å². The topological polar surface area (TPSA) is 73.6 Å². The van der Waals surface area contributed by atoms with Crippen molar-refractivity contribution in [2.24, 2.45) is 11.3 Å². The molecule has 0 aliphatic carbocycles. The molecule has 1 heterocycles. The SMILES string of the molecule is CC(C#N)OCCN1CCCC(C(C)(C)C(=O)O)C1. The van der Waals surface area contributed by atoms with Gasteiger partial charge in [0.05, 0.1) is 18.1 Å². The zero-order chi connectivity index (χ0) is 14.5. The summed E-state index contributed by atoms with van der Waals surface area (Å²) in [5.41, 5.74) is -0.681. The average molecular weight is 268 g/mol. The van der Waals surface area contributed by atoms with Gasteiger partial charge in [0.25, 0.3) is 0 Å². The second-order valence-corrected chi connectivity index (χ2v) is 5.81. The van der Waals surface area contributed by atoms with Crippen LogP contribution in [-0.4, -0.2) is 48.3 Å². The molecule has 0 aromatic heterocycles. The van der Waals surface area contributed by atoms with Gasteiger partial charge in [-0.3, -0.25) is 4.79 Å². The number of nitriles is 1. The summed E-state index contributed by atoms with van der Waals surface area (Å²) in [6.07, 6.45) is 1.61. The summed E-state index contributed by atoms with van der Waals surface area (Å²) in [7, 11) is 0. The Labute approximate surface area is 115 Å². The lowest BCUT2D eigenvalue weighted by Gasteiger charge is -2.39. The maximum Gasteiger partial charge on any atom is 0.309 e. The Morgan fingerprint density at radius 3 is 2.89 bits per heavy atom. The molecule has 1 saturated heterocycles. The van der Waals surface area contributed by atoms with E-state index in [4.69, 9.17) is 10.00 Å². The molecule has 2 unspecified atom stereocenters. The molecule has 1 aliphatic rings. The van der Waals surface area contributed by atoms with E-state index in [1.807, 2.05) is 6.07 Å². The van der Waals surface area contributed by atoms with E-state index < -0.39 is 11.4 Å². The molecular formula is C14H24N2O3. The molecule has 0 saturated carbocycles. The molecule has 5 heteroatoms. The van der Waals surface area contributed by atoms with E-state index in [0.717, 1.165) is 32.5 Å². The predicted octanol–water partition coefficient (Wildman–Crippen LogP) is 1.74. The Hall–Kier alpha value is -1.12. The van der Waals surface area contributed by atoms with E-state index in [9.17, 15) is 9.90 Å². The van der Waals surface area contributed by atoms with Crippen LogP contribution in [0.4, 0.5) is 0 Å². The summed E-state index contributed by atoms with van der Waals surface area (Å²) in [5, 5.41) is 17.9. The molecule has 0 spiro atoms. The van der Waals surface area contributed by atoms with Crippen LogP contribution in [0.15, 0.2) is 0 Å². The molecule has 0 aromatic rings. The number of aliphatic carboxylic acids is 1. The summed E-state index contributed by atoms with van der Waals surface area (Å²) >= 11 is 0. The Kier molecular flexibility index (Phi) is 5.77. The molecule has 1 fully saturated rings. The maximum atomic E-state index is 11.3. The molecule has 2 atom stereocenters. The normalized spacial score (nSPS) is 22.7. The van der Waals surface area contributed by atoms with E-state index in [0.29, 0.717) is 6.61 Å². The second kappa shape index (κ2) is 6.88. The van der Waals surface area contributed by atoms with Crippen LogP contribution in [0.1, 0.15) is 33.6 Å². The minimum absolute atomic E-state index is 0.173. The van der Waals surface area contributed by atoms with E-state index in [2.05, 4.69) is 4.90 Å². The fourth-order valence-electron chi connectivity index (χ4n) is 2.42. The van der Waals surface area contributed by atoms with Crippen LogP contribution in [0.3, 0.4) is 0 Å². The van der Waals surface area contributed by atoms with Gasteiger partial charge in [0, 0.05) is 13.1 Å². The van der Waals surface area contributed by atoms with Crippen LogP contribution in [-0.2, 0) is 9.53 Å². The van der Waals surface area contributed by atoms with Crippen molar-refractivity contribution in [1.29, 1.82) is 5.26 Å². The monoisotopic (exact) mass is 268 g/mol. The third-order valence-electron chi connectivity index (χ3n) is 4.03. The zero-order valence-electron chi connectivity index (χ0n) is 12.1. The lowest BCUT2D eigenvalue weighted by Crippen LogP contribution is -2.45. The molecule has 1 aliphatic heterocycles. The van der Waals surface area contributed by atoms with Crippen LogP contribution in [0.2, 0.25) is 0 Å². The zero-order valence-corrected chi connectivity index (χ0v) is 12.1. The van der Waals surface area contributed by atoms with Gasteiger partial charge in [-0.1, -0.05) is 0 Å². The first-order chi connectivity index (χ1) is 8.87. The fraction of sp³-hybridized carbons (Fsp3) is 0.857. The van der Waals surface area contributed by atoms with Gasteiger partial charge in [0.15, 0.2) is 0 Å². The van der Waals surface area contributed by atoms with Crippen LogP contribution in [0.25, 0.3) is 0 Å².